The summed E-state index contributed by atoms with van der Waals surface area (Å²) >= 11 is -1.85. The number of rotatable bonds is 5. The van der Waals surface area contributed by atoms with Gasteiger partial charge in [-0.1, -0.05) is 80.3 Å². The van der Waals surface area contributed by atoms with E-state index in [1.54, 1.807) is 0 Å². The van der Waals surface area contributed by atoms with E-state index < -0.39 is 13.3 Å². The van der Waals surface area contributed by atoms with E-state index in [2.05, 4.69) is 178 Å². The molecular formula is C49H46GeIrN2O-2. The fraction of sp³-hybridized carbons (Fsp3) is 0.184. The largest absolute Gasteiger partial charge is 0 e. The van der Waals surface area contributed by atoms with Gasteiger partial charge >= 0.3 is 148 Å². The van der Waals surface area contributed by atoms with Gasteiger partial charge in [0, 0.05) is 31.7 Å². The molecule has 0 N–H and O–H groups in total. The van der Waals surface area contributed by atoms with Gasteiger partial charge in [0.05, 0.1) is 5.58 Å². The van der Waals surface area contributed by atoms with Crippen molar-refractivity contribution in [1.82, 2.24) is 9.97 Å². The summed E-state index contributed by atoms with van der Waals surface area (Å²) in [5, 5.41) is 2.21. The van der Waals surface area contributed by atoms with E-state index in [0.29, 0.717) is 0 Å². The monoisotopic (exact) mass is 945 g/mol. The van der Waals surface area contributed by atoms with Gasteiger partial charge in [-0.05, 0) is 39.9 Å². The van der Waals surface area contributed by atoms with Crippen molar-refractivity contribution in [3.63, 3.8) is 0 Å². The van der Waals surface area contributed by atoms with E-state index in [4.69, 9.17) is 9.40 Å². The molecule has 0 atom stereocenters. The molecule has 54 heavy (non-hydrogen) atoms. The maximum absolute atomic E-state index is 6.35. The molecule has 3 nitrogen and oxygen atoms in total. The maximum atomic E-state index is 6.35. The molecular weight excluding hydrogens is 897 g/mol. The Morgan fingerprint density at radius 2 is 1.35 bits per heavy atom. The molecule has 3 heterocycles. The van der Waals surface area contributed by atoms with Crippen LogP contribution in [0.2, 0.25) is 17.3 Å². The van der Waals surface area contributed by atoms with Crippen LogP contribution in [0.1, 0.15) is 37.5 Å². The first-order chi connectivity index (χ1) is 25.4. The number of pyridine rings is 2. The quantitative estimate of drug-likeness (QED) is 0.127. The van der Waals surface area contributed by atoms with Gasteiger partial charge < -0.3 is 9.40 Å². The van der Waals surface area contributed by atoms with Gasteiger partial charge in [-0.2, -0.15) is 0 Å². The molecule has 3 aromatic heterocycles. The number of fused-ring (bicyclic) bond motifs is 3. The number of furan rings is 1. The van der Waals surface area contributed by atoms with E-state index in [0.717, 1.165) is 50.0 Å². The summed E-state index contributed by atoms with van der Waals surface area (Å²) in [6.07, 6.45) is 3.97. The van der Waals surface area contributed by atoms with Gasteiger partial charge in [0.15, 0.2) is 0 Å². The summed E-state index contributed by atoms with van der Waals surface area (Å²) in [7, 11) is 0. The SMILES string of the molecule is CC(C)(C)c1ccnc(-c2[c-]ccc3c2oc2cc(-c4ccccc4)ccc23)c1.Cc1cc(-c2cc(C)[c]([Ge]([CH3])([CH3])[CH3])cn2)[c-]cc1-c1ccccc1.[Ir]. The fourth-order valence-electron chi connectivity index (χ4n) is 6.94. The van der Waals surface area contributed by atoms with E-state index in [1.807, 2.05) is 24.4 Å². The number of aromatic nitrogens is 2. The number of hydrogen-bond acceptors (Lipinski definition) is 3. The summed E-state index contributed by atoms with van der Waals surface area (Å²) in [4.78, 5) is 9.35. The molecule has 5 aromatic carbocycles. The van der Waals surface area contributed by atoms with Gasteiger partial charge in [0.25, 0.3) is 0 Å². The molecule has 0 saturated heterocycles. The van der Waals surface area contributed by atoms with Gasteiger partial charge in [0.2, 0.25) is 0 Å². The van der Waals surface area contributed by atoms with Gasteiger partial charge in [0.1, 0.15) is 5.58 Å². The molecule has 5 heteroatoms. The first kappa shape index (κ1) is 39.1. The summed E-state index contributed by atoms with van der Waals surface area (Å²) in [5.41, 5.74) is 14.3. The molecule has 8 rings (SSSR count). The van der Waals surface area contributed by atoms with Crippen molar-refractivity contribution in [1.29, 1.82) is 0 Å². The van der Waals surface area contributed by atoms with Crippen LogP contribution in [0.15, 0.2) is 138 Å². The second-order valence-corrected chi connectivity index (χ2v) is 26.5. The maximum Gasteiger partial charge on any atom is 0 e. The topological polar surface area (TPSA) is 38.9 Å². The van der Waals surface area contributed by atoms with Crippen LogP contribution in [0.25, 0.3) is 66.7 Å². The summed E-state index contributed by atoms with van der Waals surface area (Å²) in [5.74, 6) is 7.23. The number of aryl methyl sites for hydroxylation is 2. The van der Waals surface area contributed by atoms with Crippen molar-refractivity contribution in [2.45, 2.75) is 57.3 Å². The zero-order chi connectivity index (χ0) is 37.3. The smallest absolute Gasteiger partial charge is 0 e. The second-order valence-electron chi connectivity index (χ2n) is 15.9. The Bertz CT molecular complexity index is 2550. The first-order valence-electron chi connectivity index (χ1n) is 18.3. The Labute approximate surface area is 336 Å². The zero-order valence-electron chi connectivity index (χ0n) is 32.3. The molecule has 0 aliphatic carbocycles. The van der Waals surface area contributed by atoms with Crippen molar-refractivity contribution in [3.8, 4) is 44.8 Å². The minimum Gasteiger partial charge on any atom is 0 e. The first-order valence-corrected chi connectivity index (χ1v) is 25.7. The standard InChI is InChI=1S/C27H22NO.C22H24GeN.Ir/c1-27(2,3)20-14-15-28-24(17-20)23-11-7-10-22-21-13-12-19(16-25(21)29-26(22)23)18-8-5-4-6-9-18;1-16-13-19(11-12-20(16)18-9-7-6-8-10-18)22-14-17(2)21(15-24-22)23(3,4)5;/h4-10,12-17H,1-3H3;6-10,12-15H,1-5H3;/q2*-1;. The molecule has 0 saturated carbocycles. The molecule has 0 bridgehead atoms. The van der Waals surface area contributed by atoms with Crippen LogP contribution in [-0.4, -0.2) is 23.2 Å². The summed E-state index contributed by atoms with van der Waals surface area (Å²) in [6.45, 7) is 11.0. The van der Waals surface area contributed by atoms with E-state index >= 15 is 0 Å². The average molecular weight is 944 g/mol. The molecule has 8 aromatic rings. The molecule has 0 aliphatic heterocycles. The minimum atomic E-state index is -1.85. The van der Waals surface area contributed by atoms with Crippen LogP contribution in [0.4, 0.5) is 0 Å². The number of nitrogens with zero attached hydrogens (tertiary/aromatic N) is 2. The van der Waals surface area contributed by atoms with Crippen LogP contribution >= 0.6 is 0 Å². The molecule has 1 radical (unpaired) electrons. The third-order valence-electron chi connectivity index (χ3n) is 9.86. The van der Waals surface area contributed by atoms with Gasteiger partial charge in [-0.15, -0.1) is 18.2 Å². The van der Waals surface area contributed by atoms with Crippen molar-refractivity contribution in [3.05, 3.63) is 163 Å². The number of hydrogen-bond donors (Lipinski definition) is 0. The molecule has 273 valence electrons. The van der Waals surface area contributed by atoms with Gasteiger partial charge in [-0.3, -0.25) is 0 Å². The molecule has 0 fully saturated rings. The predicted octanol–water partition coefficient (Wildman–Crippen LogP) is 12.8. The normalized spacial score (nSPS) is 11.6. The van der Waals surface area contributed by atoms with Crippen molar-refractivity contribution in [2.24, 2.45) is 0 Å². The Kier molecular flexibility index (Phi) is 11.6. The molecule has 0 unspecified atom stereocenters. The summed E-state index contributed by atoms with van der Waals surface area (Å²) in [6, 6.07) is 48.8. The third-order valence-corrected chi connectivity index (χ3v) is 14.3. The Morgan fingerprint density at radius 3 is 2.00 bits per heavy atom. The minimum absolute atomic E-state index is 0. The van der Waals surface area contributed by atoms with Crippen LogP contribution in [0.5, 0.6) is 0 Å². The zero-order valence-corrected chi connectivity index (χ0v) is 36.8. The Morgan fingerprint density at radius 1 is 0.648 bits per heavy atom. The van der Waals surface area contributed by atoms with Crippen LogP contribution < -0.4 is 4.40 Å². The van der Waals surface area contributed by atoms with E-state index in [9.17, 15) is 0 Å². The fourth-order valence-corrected chi connectivity index (χ4v) is 10.5. The van der Waals surface area contributed by atoms with E-state index in [-0.39, 0.29) is 25.5 Å². The second kappa shape index (κ2) is 16.0. The molecule has 0 spiro atoms. The number of benzene rings is 5. The molecule has 0 amide bonds. The van der Waals surface area contributed by atoms with E-state index in [1.165, 1.54) is 37.8 Å². The summed E-state index contributed by atoms with van der Waals surface area (Å²) < 4.78 is 7.84. The van der Waals surface area contributed by atoms with Crippen LogP contribution in [0, 0.1) is 26.0 Å². The van der Waals surface area contributed by atoms with Crippen molar-refractivity contribution in [2.75, 3.05) is 0 Å². The van der Waals surface area contributed by atoms with Gasteiger partial charge in [-0.25, -0.2) is 0 Å². The average Bonchev–Trinajstić information content (AvgIpc) is 3.53. The van der Waals surface area contributed by atoms with Crippen molar-refractivity contribution < 1.29 is 24.5 Å². The third kappa shape index (κ3) is 8.37. The molecule has 0 aliphatic rings. The van der Waals surface area contributed by atoms with Crippen LogP contribution in [0.3, 0.4) is 0 Å². The Hall–Kier alpha value is -4.61. The predicted molar refractivity (Wildman–Crippen MR) is 226 cm³/mol. The van der Waals surface area contributed by atoms with Crippen LogP contribution in [-0.2, 0) is 25.5 Å². The Balaban J connectivity index is 0.000000184. The van der Waals surface area contributed by atoms with Crippen molar-refractivity contribution >= 4 is 39.6 Å².